The molecule has 124 valence electrons. The summed E-state index contributed by atoms with van der Waals surface area (Å²) in [6.07, 6.45) is 1.75. The molecule has 2 N–H and O–H groups in total. The number of nitrogens with zero attached hydrogens (tertiary/aromatic N) is 3. The maximum atomic E-state index is 12.0. The Hall–Kier alpha value is -2.15. The summed E-state index contributed by atoms with van der Waals surface area (Å²) in [5.74, 6) is 1.06. The molecule has 0 aliphatic rings. The summed E-state index contributed by atoms with van der Waals surface area (Å²) in [6.45, 7) is 5.04. The third-order valence-corrected chi connectivity index (χ3v) is 4.55. The van der Waals surface area contributed by atoms with Gasteiger partial charge in [0.2, 0.25) is 0 Å². The Balaban J connectivity index is 1.82. The molecule has 0 radical (unpaired) electrons. The fourth-order valence-electron chi connectivity index (χ4n) is 2.14. The molecule has 2 heterocycles. The minimum Gasteiger partial charge on any atom is -0.362 e. The second-order valence-electron chi connectivity index (χ2n) is 5.67. The van der Waals surface area contributed by atoms with Crippen LogP contribution in [0.3, 0.4) is 0 Å². The van der Waals surface area contributed by atoms with Crippen LogP contribution in [0, 0.1) is 6.92 Å². The van der Waals surface area contributed by atoms with Crippen molar-refractivity contribution in [3.05, 3.63) is 40.0 Å². The van der Waals surface area contributed by atoms with Gasteiger partial charge in [0.1, 0.15) is 5.82 Å². The van der Waals surface area contributed by atoms with Gasteiger partial charge in [-0.05, 0) is 13.0 Å². The molecule has 0 aromatic carbocycles. The Bertz CT molecular complexity index is 655. The lowest BCUT2D eigenvalue weighted by atomic mass is 10.2. The molecule has 0 saturated carbocycles. The average Bonchev–Trinajstić information content (AvgIpc) is 2.97. The van der Waals surface area contributed by atoms with E-state index in [1.165, 1.54) is 0 Å². The highest BCUT2D eigenvalue weighted by atomic mass is 32.1. The van der Waals surface area contributed by atoms with E-state index < -0.39 is 0 Å². The molecule has 23 heavy (non-hydrogen) atoms. The Morgan fingerprint density at radius 1 is 1.39 bits per heavy atom. The number of amides is 2. The standard InChI is InChI=1S/C16H23N5OS/c1-11(15-20-12(2)10-23-15)8-18-16(22)19-9-13-6-5-7-17-14(13)21(3)4/h5-7,10-11H,8-9H2,1-4H3,(H2,18,19,22)/t11-/m1/s1. The molecule has 6 nitrogen and oxygen atoms in total. The van der Waals surface area contributed by atoms with Crippen molar-refractivity contribution < 1.29 is 4.79 Å². The van der Waals surface area contributed by atoms with Crippen LogP contribution < -0.4 is 15.5 Å². The number of hydrogen-bond donors (Lipinski definition) is 2. The fourth-order valence-corrected chi connectivity index (χ4v) is 3.00. The van der Waals surface area contributed by atoms with E-state index in [0.717, 1.165) is 22.1 Å². The molecule has 0 bridgehead atoms. The third-order valence-electron chi connectivity index (χ3n) is 3.36. The van der Waals surface area contributed by atoms with E-state index in [0.29, 0.717) is 13.1 Å². The van der Waals surface area contributed by atoms with Gasteiger partial charge in [0.15, 0.2) is 0 Å². The first-order chi connectivity index (χ1) is 11.0. The quantitative estimate of drug-likeness (QED) is 0.852. The fraction of sp³-hybridized carbons (Fsp3) is 0.438. The molecule has 2 aromatic rings. The molecule has 1 atom stereocenters. The largest absolute Gasteiger partial charge is 0.362 e. The number of urea groups is 1. The van der Waals surface area contributed by atoms with E-state index in [2.05, 4.69) is 27.5 Å². The predicted octanol–water partition coefficient (Wildman–Crippen LogP) is 2.52. The third kappa shape index (κ3) is 4.92. The summed E-state index contributed by atoms with van der Waals surface area (Å²) in [5, 5.41) is 8.84. The van der Waals surface area contributed by atoms with Crippen LogP contribution >= 0.6 is 11.3 Å². The van der Waals surface area contributed by atoms with Gasteiger partial charge in [-0.15, -0.1) is 11.3 Å². The molecule has 0 unspecified atom stereocenters. The van der Waals surface area contributed by atoms with E-state index in [9.17, 15) is 4.79 Å². The Kier molecular flexibility index (Phi) is 5.92. The maximum Gasteiger partial charge on any atom is 0.315 e. The first-order valence-corrected chi connectivity index (χ1v) is 8.40. The summed E-state index contributed by atoms with van der Waals surface area (Å²) in [7, 11) is 3.87. The summed E-state index contributed by atoms with van der Waals surface area (Å²) >= 11 is 1.63. The van der Waals surface area contributed by atoms with Crippen LogP contribution in [0.1, 0.15) is 29.1 Å². The lowest BCUT2D eigenvalue weighted by Gasteiger charge is -2.16. The monoisotopic (exact) mass is 333 g/mol. The van der Waals surface area contributed by atoms with Crippen LogP contribution in [-0.4, -0.2) is 36.6 Å². The van der Waals surface area contributed by atoms with Crippen molar-refractivity contribution in [3.8, 4) is 0 Å². The summed E-state index contributed by atoms with van der Waals surface area (Å²) in [5.41, 5.74) is 2.00. The maximum absolute atomic E-state index is 12.0. The summed E-state index contributed by atoms with van der Waals surface area (Å²) < 4.78 is 0. The summed E-state index contributed by atoms with van der Waals surface area (Å²) in [6, 6.07) is 3.65. The highest BCUT2D eigenvalue weighted by Gasteiger charge is 2.12. The number of hydrogen-bond acceptors (Lipinski definition) is 5. The van der Waals surface area contributed by atoms with Crippen LogP contribution in [0.2, 0.25) is 0 Å². The number of anilines is 1. The zero-order valence-electron chi connectivity index (χ0n) is 14.0. The smallest absolute Gasteiger partial charge is 0.315 e. The Labute approximate surface area is 141 Å². The molecule has 2 amide bonds. The lowest BCUT2D eigenvalue weighted by molar-refractivity contribution is 0.240. The first kappa shape index (κ1) is 17.2. The molecule has 0 fully saturated rings. The Morgan fingerprint density at radius 3 is 2.83 bits per heavy atom. The van der Waals surface area contributed by atoms with Gasteiger partial charge in [0.05, 0.1) is 5.01 Å². The van der Waals surface area contributed by atoms with Gasteiger partial charge in [-0.2, -0.15) is 0 Å². The van der Waals surface area contributed by atoms with E-state index in [1.807, 2.05) is 43.4 Å². The zero-order chi connectivity index (χ0) is 16.8. The second-order valence-corrected chi connectivity index (χ2v) is 6.56. The molecule has 0 aliphatic carbocycles. The summed E-state index contributed by atoms with van der Waals surface area (Å²) in [4.78, 5) is 22.7. The van der Waals surface area contributed by atoms with Crippen molar-refractivity contribution in [1.29, 1.82) is 0 Å². The van der Waals surface area contributed by atoms with E-state index in [1.54, 1.807) is 17.5 Å². The number of thiazole rings is 1. The van der Waals surface area contributed by atoms with Crippen molar-refractivity contribution in [2.24, 2.45) is 0 Å². The number of pyridine rings is 1. The molecule has 0 saturated heterocycles. The van der Waals surface area contributed by atoms with Crippen molar-refractivity contribution in [2.45, 2.75) is 26.3 Å². The first-order valence-electron chi connectivity index (χ1n) is 7.52. The molecule has 0 aliphatic heterocycles. The van der Waals surface area contributed by atoms with Crippen LogP contribution in [-0.2, 0) is 6.54 Å². The van der Waals surface area contributed by atoms with E-state index >= 15 is 0 Å². The minimum atomic E-state index is -0.182. The van der Waals surface area contributed by atoms with E-state index in [-0.39, 0.29) is 11.9 Å². The van der Waals surface area contributed by atoms with Crippen molar-refractivity contribution >= 4 is 23.2 Å². The highest BCUT2D eigenvalue weighted by Crippen LogP contribution is 2.18. The topological polar surface area (TPSA) is 70.2 Å². The number of aromatic nitrogens is 2. The second kappa shape index (κ2) is 7.92. The number of rotatable bonds is 6. The molecular weight excluding hydrogens is 310 g/mol. The van der Waals surface area contributed by atoms with Crippen LogP contribution in [0.15, 0.2) is 23.7 Å². The number of aryl methyl sites for hydroxylation is 1. The predicted molar refractivity (Wildman–Crippen MR) is 94.1 cm³/mol. The normalized spacial score (nSPS) is 11.8. The van der Waals surface area contributed by atoms with Crippen molar-refractivity contribution in [3.63, 3.8) is 0 Å². The molecule has 7 heteroatoms. The molecule has 0 spiro atoms. The van der Waals surface area contributed by atoms with Gasteiger partial charge < -0.3 is 15.5 Å². The van der Waals surface area contributed by atoms with Crippen LogP contribution in [0.5, 0.6) is 0 Å². The molecule has 2 rings (SSSR count). The Morgan fingerprint density at radius 2 is 2.17 bits per heavy atom. The lowest BCUT2D eigenvalue weighted by Crippen LogP contribution is -2.37. The zero-order valence-corrected chi connectivity index (χ0v) is 14.8. The molecular formula is C16H23N5OS. The van der Waals surface area contributed by atoms with Gasteiger partial charge in [-0.1, -0.05) is 13.0 Å². The number of carbonyl (C=O) groups excluding carboxylic acids is 1. The van der Waals surface area contributed by atoms with Gasteiger partial charge >= 0.3 is 6.03 Å². The van der Waals surface area contributed by atoms with Gasteiger partial charge in [0, 0.05) is 55.9 Å². The van der Waals surface area contributed by atoms with Gasteiger partial charge in [-0.3, -0.25) is 0 Å². The van der Waals surface area contributed by atoms with Crippen molar-refractivity contribution in [1.82, 2.24) is 20.6 Å². The average molecular weight is 333 g/mol. The SMILES string of the molecule is Cc1csc([C@H](C)CNC(=O)NCc2cccnc2N(C)C)n1. The number of carbonyl (C=O) groups is 1. The van der Waals surface area contributed by atoms with Gasteiger partial charge in [-0.25, -0.2) is 14.8 Å². The minimum absolute atomic E-state index is 0.182. The van der Waals surface area contributed by atoms with Crippen LogP contribution in [0.4, 0.5) is 10.6 Å². The number of nitrogens with one attached hydrogen (secondary N) is 2. The molecule has 2 aromatic heterocycles. The highest BCUT2D eigenvalue weighted by molar-refractivity contribution is 7.09. The van der Waals surface area contributed by atoms with Crippen LogP contribution in [0.25, 0.3) is 0 Å². The van der Waals surface area contributed by atoms with Gasteiger partial charge in [0.25, 0.3) is 0 Å². The van der Waals surface area contributed by atoms with Crippen molar-refractivity contribution in [2.75, 3.05) is 25.5 Å². The van der Waals surface area contributed by atoms with E-state index in [4.69, 9.17) is 0 Å².